The third kappa shape index (κ3) is 8.95. The van der Waals surface area contributed by atoms with Gasteiger partial charge in [0.05, 0.1) is 28.6 Å². The number of Topliss-reactive ketones (excluding diaryl/α,β-unsaturated/α-hetero) is 1. The summed E-state index contributed by atoms with van der Waals surface area (Å²) >= 11 is 0. The summed E-state index contributed by atoms with van der Waals surface area (Å²) in [6.45, 7) is 8.62. The maximum absolute atomic E-state index is 16.1. The number of aromatic nitrogens is 4. The smallest absolute Gasteiger partial charge is 0.323 e. The molecule has 2 saturated heterocycles. The molecule has 3 fully saturated rings. The molecule has 4 aromatic heterocycles. The molecule has 17 heteroatoms. The first-order valence-corrected chi connectivity index (χ1v) is 26.3. The zero-order chi connectivity index (χ0) is 52.7. The number of rotatable bonds is 13. The van der Waals surface area contributed by atoms with Gasteiger partial charge in [0.15, 0.2) is 18.1 Å². The van der Waals surface area contributed by atoms with Crippen molar-refractivity contribution in [3.8, 4) is 5.69 Å². The van der Waals surface area contributed by atoms with Crippen LogP contribution in [0.1, 0.15) is 121 Å². The van der Waals surface area contributed by atoms with E-state index >= 15 is 4.39 Å². The van der Waals surface area contributed by atoms with E-state index in [1.165, 1.54) is 22.9 Å². The topological polar surface area (TPSA) is 169 Å². The number of halogens is 2. The highest BCUT2D eigenvalue weighted by Crippen LogP contribution is 2.58. The molecule has 75 heavy (non-hydrogen) atoms. The van der Waals surface area contributed by atoms with Crippen molar-refractivity contribution in [2.75, 3.05) is 54.9 Å². The predicted molar refractivity (Wildman–Crippen MR) is 284 cm³/mol. The van der Waals surface area contributed by atoms with Crippen molar-refractivity contribution >= 4 is 45.5 Å². The van der Waals surface area contributed by atoms with Gasteiger partial charge >= 0.3 is 6.23 Å². The Morgan fingerprint density at radius 2 is 1.75 bits per heavy atom. The fourth-order valence-corrected chi connectivity index (χ4v) is 12.5. The first-order valence-electron chi connectivity index (χ1n) is 26.3. The normalized spacial score (nSPS) is 21.1. The van der Waals surface area contributed by atoms with Crippen LogP contribution in [0, 0.1) is 23.5 Å². The first-order chi connectivity index (χ1) is 36.0. The summed E-state index contributed by atoms with van der Waals surface area (Å²) in [5.74, 6) is -0.516. The maximum Gasteiger partial charge on any atom is 0.323 e. The molecule has 1 spiro atoms. The second-order valence-electron chi connectivity index (χ2n) is 21.7. The summed E-state index contributed by atoms with van der Waals surface area (Å²) in [5, 5.41) is 26.0. The number of ketones is 1. The Labute approximate surface area is 434 Å². The largest absolute Gasteiger partial charge is 0.389 e. The standard InChI is InChI=1S/C58H63F2N9O6/c1-34(39-9-11-51(63-32-39)66-23-17-57(74,18-24-66)31-37-8-10-47-42(27-37)58(15-16-58)56(73)69(47)48-7-6-20-68(75)55(48)72)26-50(70)40-25-35(2)53(43(59)28-40)38-13-21-65(22-14-38)36(3)49-29-41-46(12-19-62-54(41)64(49)5)67-33-44(60)45(61-4)30-52(67)71/h8-13,19,25,27-30,32-34,36,48,55,72,74H,6-7,14-18,20-24,26,31H2,1-5H3/p+1/t34?,36-,48?,55?/m0/s1. The minimum Gasteiger partial charge on any atom is -0.389 e. The van der Waals surface area contributed by atoms with Crippen LogP contribution in [0.2, 0.25) is 0 Å². The number of carbonyl (C=O) groups excluding carboxylic acids is 2. The number of nitrogens with zero attached hydrogens (tertiary/aromatic N) is 8. The van der Waals surface area contributed by atoms with Gasteiger partial charge in [0.25, 0.3) is 5.56 Å². The summed E-state index contributed by atoms with van der Waals surface area (Å²) < 4.78 is 34.9. The number of aryl methyl sites for hydroxylation is 2. The van der Waals surface area contributed by atoms with E-state index in [1.54, 1.807) is 36.5 Å². The zero-order valence-electron chi connectivity index (χ0n) is 43.2. The monoisotopic (exact) mass is 1020 g/mol. The predicted octanol–water partition coefficient (Wildman–Crippen LogP) is 8.19. The number of carbonyl (C=O) groups is 2. The SMILES string of the molecule is CNc1cc(=O)n(-c2ccnc3c2cc([C@H](C)N2CC=C(c4c(C)cc(C(=O)CC(C)c5ccc(N6CCC(O)(Cc7ccc8c(c7)C7(CC7)C(=O)N8C7CCC[N+](=O)C7O)CC6)nc5)cc4F)CC2)n3C)cc1F. The van der Waals surface area contributed by atoms with E-state index in [4.69, 9.17) is 4.98 Å². The molecule has 390 valence electrons. The van der Waals surface area contributed by atoms with Gasteiger partial charge in [-0.3, -0.25) is 28.8 Å². The molecule has 2 aromatic carbocycles. The molecule has 15 nitrogen and oxygen atoms in total. The Morgan fingerprint density at radius 1 is 0.960 bits per heavy atom. The lowest BCUT2D eigenvalue weighted by Gasteiger charge is -2.39. The minimum atomic E-state index is -1.25. The molecule has 6 aromatic rings. The van der Waals surface area contributed by atoms with Crippen molar-refractivity contribution in [3.63, 3.8) is 0 Å². The van der Waals surface area contributed by atoms with Crippen molar-refractivity contribution < 1.29 is 33.3 Å². The lowest BCUT2D eigenvalue weighted by atomic mass is 9.84. The van der Waals surface area contributed by atoms with Gasteiger partial charge in [-0.2, -0.15) is 0 Å². The van der Waals surface area contributed by atoms with Gasteiger partial charge in [-0.25, -0.2) is 18.7 Å². The van der Waals surface area contributed by atoms with Crippen LogP contribution < -0.4 is 20.7 Å². The molecule has 4 atom stereocenters. The zero-order valence-corrected chi connectivity index (χ0v) is 43.2. The van der Waals surface area contributed by atoms with Crippen molar-refractivity contribution in [1.82, 2.24) is 24.0 Å². The second-order valence-corrected chi connectivity index (χ2v) is 21.7. The highest BCUT2D eigenvalue weighted by molar-refractivity contribution is 6.10. The van der Waals surface area contributed by atoms with Gasteiger partial charge in [-0.15, -0.1) is 0 Å². The van der Waals surface area contributed by atoms with Crippen LogP contribution >= 0.6 is 0 Å². The molecule has 1 saturated carbocycles. The minimum absolute atomic E-state index is 0.0317. The van der Waals surface area contributed by atoms with Crippen LogP contribution in [0.3, 0.4) is 0 Å². The molecular formula is C58H64F2N9O6+. The number of pyridine rings is 3. The lowest BCUT2D eigenvalue weighted by Crippen LogP contribution is -2.53. The summed E-state index contributed by atoms with van der Waals surface area (Å²) in [5.41, 5.74) is 6.42. The molecule has 3 N–H and O–H groups in total. The van der Waals surface area contributed by atoms with E-state index in [9.17, 15) is 33.9 Å². The third-order valence-electron chi connectivity index (χ3n) is 17.1. The van der Waals surface area contributed by atoms with Crippen molar-refractivity contribution in [3.05, 3.63) is 151 Å². The number of hydrogen-bond donors (Lipinski definition) is 3. The molecule has 3 unspecified atom stereocenters. The number of hydrogen-bond acceptors (Lipinski definition) is 11. The van der Waals surface area contributed by atoms with Crippen molar-refractivity contribution in [1.29, 1.82) is 0 Å². The van der Waals surface area contributed by atoms with E-state index in [-0.39, 0.29) is 47.9 Å². The number of aliphatic hydroxyl groups excluding tert-OH is 1. The fraction of sp³-hybridized carbons (Fsp3) is 0.431. The Balaban J connectivity index is 0.694. The number of aliphatic hydroxyl groups is 2. The molecule has 5 aliphatic rings. The average molecular weight is 1020 g/mol. The highest BCUT2D eigenvalue weighted by Gasteiger charge is 2.62. The molecule has 4 aliphatic heterocycles. The number of nitroso groups, excluding NO2 is 1. The molecule has 0 radical (unpaired) electrons. The van der Waals surface area contributed by atoms with Crippen LogP contribution in [0.4, 0.5) is 26.0 Å². The Hall–Kier alpha value is -6.95. The van der Waals surface area contributed by atoms with Gasteiger partial charge in [0.1, 0.15) is 23.3 Å². The Bertz CT molecular complexity index is 3350. The summed E-state index contributed by atoms with van der Waals surface area (Å²) in [7, 11) is 3.49. The van der Waals surface area contributed by atoms with Crippen molar-refractivity contribution in [2.24, 2.45) is 7.05 Å². The van der Waals surface area contributed by atoms with Crippen LogP contribution in [0.15, 0.2) is 90.1 Å². The van der Waals surface area contributed by atoms with E-state index in [0.717, 1.165) is 57.7 Å². The van der Waals surface area contributed by atoms with Gasteiger partial charge in [-0.1, -0.05) is 31.2 Å². The summed E-state index contributed by atoms with van der Waals surface area (Å²) in [6.07, 6.45) is 10.4. The van der Waals surface area contributed by atoms with Crippen molar-refractivity contribution in [2.45, 2.75) is 114 Å². The number of anilines is 3. The molecular weight excluding hydrogens is 957 g/mol. The van der Waals surface area contributed by atoms with E-state index in [1.807, 2.05) is 55.8 Å². The van der Waals surface area contributed by atoms with E-state index in [0.29, 0.717) is 97.5 Å². The lowest BCUT2D eigenvalue weighted by molar-refractivity contribution is -0.638. The molecule has 1 amide bonds. The van der Waals surface area contributed by atoms with Gasteiger partial charge in [0.2, 0.25) is 5.91 Å². The van der Waals surface area contributed by atoms with Crippen LogP contribution in [0.25, 0.3) is 22.3 Å². The van der Waals surface area contributed by atoms with Gasteiger partial charge in [0, 0.05) is 122 Å². The number of nitrogens with one attached hydrogen (secondary N) is 1. The van der Waals surface area contributed by atoms with Crippen LogP contribution in [0.5, 0.6) is 0 Å². The van der Waals surface area contributed by atoms with E-state index in [2.05, 4.69) is 39.2 Å². The third-order valence-corrected chi connectivity index (χ3v) is 17.1. The molecule has 1 aliphatic carbocycles. The maximum atomic E-state index is 16.1. The Kier molecular flexibility index (Phi) is 12.9. The number of amides is 1. The Morgan fingerprint density at radius 3 is 2.44 bits per heavy atom. The average Bonchev–Trinajstić information content (AvgIpc) is 4.14. The van der Waals surface area contributed by atoms with Crippen LogP contribution in [-0.4, -0.2) is 108 Å². The molecule has 8 heterocycles. The van der Waals surface area contributed by atoms with Gasteiger partial charge in [-0.05, 0) is 123 Å². The first kappa shape index (κ1) is 50.2. The number of piperidine rings is 2. The van der Waals surface area contributed by atoms with Crippen LogP contribution in [-0.2, 0) is 23.7 Å². The summed E-state index contributed by atoms with van der Waals surface area (Å²) in [4.78, 5) is 68.4. The number of fused-ring (bicyclic) bond motifs is 3. The quantitative estimate of drug-likeness (QED) is 0.0754. The fourth-order valence-electron chi connectivity index (χ4n) is 12.5. The number of benzene rings is 2. The summed E-state index contributed by atoms with van der Waals surface area (Å²) in [6, 6.07) is 17.4. The second kappa shape index (κ2) is 19.3. The molecule has 0 bridgehead atoms. The molecule has 11 rings (SSSR count). The van der Waals surface area contributed by atoms with E-state index < -0.39 is 34.9 Å². The van der Waals surface area contributed by atoms with Gasteiger partial charge < -0.3 is 25.0 Å². The highest BCUT2D eigenvalue weighted by atomic mass is 19.1.